The molecule has 2 amide bonds. The van der Waals surface area contributed by atoms with Gasteiger partial charge < -0.3 is 16.0 Å². The number of benzene rings is 2. The van der Waals surface area contributed by atoms with E-state index in [1.807, 2.05) is 35.2 Å². The van der Waals surface area contributed by atoms with Crippen LogP contribution >= 0.6 is 11.6 Å². The topological polar surface area (TPSA) is 75.4 Å². The first kappa shape index (κ1) is 19.4. The van der Waals surface area contributed by atoms with Gasteiger partial charge in [-0.3, -0.25) is 9.59 Å². The number of nitrogens with two attached hydrogens (primary N) is 1. The van der Waals surface area contributed by atoms with E-state index < -0.39 is 6.04 Å². The zero-order valence-electron chi connectivity index (χ0n) is 15.2. The molecule has 0 aliphatic carbocycles. The minimum Gasteiger partial charge on any atom is -0.339 e. The minimum absolute atomic E-state index is 0.0571. The molecule has 0 saturated carbocycles. The lowest BCUT2D eigenvalue weighted by Gasteiger charge is -2.27. The number of carbonyl (C=O) groups is 2. The quantitative estimate of drug-likeness (QED) is 0.827. The van der Waals surface area contributed by atoms with Crippen LogP contribution in [0.15, 0.2) is 48.5 Å². The maximum atomic E-state index is 12.6. The monoisotopic (exact) mass is 385 g/mol. The number of carbonyl (C=O) groups excluding carboxylic acids is 2. The number of hydrogen-bond acceptors (Lipinski definition) is 3. The van der Waals surface area contributed by atoms with Crippen molar-refractivity contribution in [1.29, 1.82) is 0 Å². The second-order valence-corrected chi connectivity index (χ2v) is 7.24. The SMILES string of the molecule is N[C@@H](Cc1ccccc1)C(=O)Nc1ccc(C(=O)N2CCCCC2)c(Cl)c1. The number of likely N-dealkylation sites (tertiary alicyclic amines) is 1. The maximum absolute atomic E-state index is 12.6. The Hall–Kier alpha value is -2.37. The van der Waals surface area contributed by atoms with Gasteiger partial charge in [0.15, 0.2) is 0 Å². The average molecular weight is 386 g/mol. The summed E-state index contributed by atoms with van der Waals surface area (Å²) in [4.78, 5) is 26.8. The van der Waals surface area contributed by atoms with Crippen molar-refractivity contribution >= 4 is 29.1 Å². The van der Waals surface area contributed by atoms with Gasteiger partial charge in [-0.25, -0.2) is 0 Å². The van der Waals surface area contributed by atoms with Crippen LogP contribution in [-0.4, -0.2) is 35.8 Å². The molecule has 0 radical (unpaired) electrons. The first-order chi connectivity index (χ1) is 13.0. The number of nitrogens with zero attached hydrogens (tertiary/aromatic N) is 1. The van der Waals surface area contributed by atoms with E-state index in [2.05, 4.69) is 5.32 Å². The lowest BCUT2D eigenvalue weighted by Crippen LogP contribution is -2.37. The van der Waals surface area contributed by atoms with E-state index in [4.69, 9.17) is 17.3 Å². The Kier molecular flexibility index (Phi) is 6.48. The highest BCUT2D eigenvalue weighted by atomic mass is 35.5. The normalized spacial score (nSPS) is 15.3. The zero-order chi connectivity index (χ0) is 19.2. The lowest BCUT2D eigenvalue weighted by molar-refractivity contribution is -0.117. The molecule has 0 bridgehead atoms. The Bertz CT molecular complexity index is 804. The van der Waals surface area contributed by atoms with Gasteiger partial charge in [0, 0.05) is 18.8 Å². The van der Waals surface area contributed by atoms with Crippen LogP contribution in [0.1, 0.15) is 35.2 Å². The summed E-state index contributed by atoms with van der Waals surface area (Å²) in [6.45, 7) is 1.53. The number of amides is 2. The van der Waals surface area contributed by atoms with Crippen molar-refractivity contribution in [2.24, 2.45) is 5.73 Å². The van der Waals surface area contributed by atoms with E-state index in [9.17, 15) is 9.59 Å². The zero-order valence-corrected chi connectivity index (χ0v) is 15.9. The summed E-state index contributed by atoms with van der Waals surface area (Å²) in [5.74, 6) is -0.344. The Balaban J connectivity index is 1.63. The summed E-state index contributed by atoms with van der Waals surface area (Å²) < 4.78 is 0. The first-order valence-corrected chi connectivity index (χ1v) is 9.61. The number of halogens is 1. The van der Waals surface area contributed by atoms with Crippen LogP contribution < -0.4 is 11.1 Å². The Morgan fingerprint density at radius 3 is 2.44 bits per heavy atom. The molecule has 6 heteroatoms. The molecule has 3 N–H and O–H groups in total. The third-order valence-corrected chi connectivity index (χ3v) is 5.06. The lowest BCUT2D eigenvalue weighted by atomic mass is 10.1. The molecular formula is C21H24ClN3O2. The molecule has 1 heterocycles. The van der Waals surface area contributed by atoms with Gasteiger partial charge in [-0.2, -0.15) is 0 Å². The third-order valence-electron chi connectivity index (χ3n) is 4.75. The molecule has 5 nitrogen and oxygen atoms in total. The largest absolute Gasteiger partial charge is 0.339 e. The Morgan fingerprint density at radius 1 is 1.07 bits per heavy atom. The predicted octanol–water partition coefficient (Wildman–Crippen LogP) is 3.47. The van der Waals surface area contributed by atoms with E-state index >= 15 is 0 Å². The molecule has 1 atom stereocenters. The number of nitrogens with one attached hydrogen (secondary N) is 1. The molecule has 1 fully saturated rings. The van der Waals surface area contributed by atoms with Crippen molar-refractivity contribution in [3.63, 3.8) is 0 Å². The van der Waals surface area contributed by atoms with Crippen molar-refractivity contribution in [2.75, 3.05) is 18.4 Å². The van der Waals surface area contributed by atoms with Crippen LogP contribution in [0.3, 0.4) is 0 Å². The van der Waals surface area contributed by atoms with Crippen LogP contribution in [0.5, 0.6) is 0 Å². The Labute approximate surface area is 164 Å². The van der Waals surface area contributed by atoms with Crippen LogP contribution in [0.4, 0.5) is 5.69 Å². The highest BCUT2D eigenvalue weighted by molar-refractivity contribution is 6.34. The highest BCUT2D eigenvalue weighted by Gasteiger charge is 2.21. The first-order valence-electron chi connectivity index (χ1n) is 9.24. The molecule has 1 aliphatic heterocycles. The van der Waals surface area contributed by atoms with E-state index in [0.717, 1.165) is 37.9 Å². The molecule has 2 aromatic rings. The maximum Gasteiger partial charge on any atom is 0.255 e. The van der Waals surface area contributed by atoms with E-state index in [0.29, 0.717) is 22.7 Å². The van der Waals surface area contributed by atoms with Gasteiger partial charge in [-0.05, 0) is 49.4 Å². The molecule has 0 aromatic heterocycles. The van der Waals surface area contributed by atoms with Crippen LogP contribution in [-0.2, 0) is 11.2 Å². The van der Waals surface area contributed by atoms with Gasteiger partial charge in [0.1, 0.15) is 0 Å². The molecule has 0 spiro atoms. The van der Waals surface area contributed by atoms with Crippen molar-refractivity contribution in [1.82, 2.24) is 4.90 Å². The van der Waals surface area contributed by atoms with Gasteiger partial charge in [0.05, 0.1) is 16.6 Å². The summed E-state index contributed by atoms with van der Waals surface area (Å²) in [5.41, 5.74) is 8.00. The fourth-order valence-electron chi connectivity index (χ4n) is 3.23. The van der Waals surface area contributed by atoms with Crippen LogP contribution in [0.25, 0.3) is 0 Å². The number of hydrogen-bond donors (Lipinski definition) is 2. The van der Waals surface area contributed by atoms with Gasteiger partial charge >= 0.3 is 0 Å². The van der Waals surface area contributed by atoms with Crippen molar-refractivity contribution < 1.29 is 9.59 Å². The summed E-state index contributed by atoms with van der Waals surface area (Å²) in [7, 11) is 0. The summed E-state index contributed by atoms with van der Waals surface area (Å²) in [6.07, 6.45) is 3.66. The fourth-order valence-corrected chi connectivity index (χ4v) is 3.49. The standard InChI is InChI=1S/C21H24ClN3O2/c22-18-14-16(9-10-17(18)21(27)25-11-5-2-6-12-25)24-20(26)19(23)13-15-7-3-1-4-8-15/h1,3-4,7-10,14,19H,2,5-6,11-13,23H2,(H,24,26)/t19-/m0/s1. The van der Waals surface area contributed by atoms with E-state index in [1.54, 1.807) is 18.2 Å². The summed E-state index contributed by atoms with van der Waals surface area (Å²) >= 11 is 6.31. The third kappa shape index (κ3) is 5.08. The van der Waals surface area contributed by atoms with Gasteiger partial charge in [0.2, 0.25) is 5.91 Å². The van der Waals surface area contributed by atoms with Gasteiger partial charge in [-0.1, -0.05) is 41.9 Å². The molecule has 2 aromatic carbocycles. The van der Waals surface area contributed by atoms with Gasteiger partial charge in [0.25, 0.3) is 5.91 Å². The molecule has 1 saturated heterocycles. The molecule has 1 aliphatic rings. The van der Waals surface area contributed by atoms with E-state index in [1.165, 1.54) is 0 Å². The number of anilines is 1. The van der Waals surface area contributed by atoms with Crippen molar-refractivity contribution in [2.45, 2.75) is 31.7 Å². The summed E-state index contributed by atoms with van der Waals surface area (Å²) in [6, 6.07) is 13.9. The molecular weight excluding hydrogens is 362 g/mol. The molecule has 0 unspecified atom stereocenters. The second-order valence-electron chi connectivity index (χ2n) is 6.83. The second kappa shape index (κ2) is 9.02. The highest BCUT2D eigenvalue weighted by Crippen LogP contribution is 2.24. The average Bonchev–Trinajstić information content (AvgIpc) is 2.69. The fraction of sp³-hybridized carbons (Fsp3) is 0.333. The number of rotatable bonds is 5. The van der Waals surface area contributed by atoms with Gasteiger partial charge in [-0.15, -0.1) is 0 Å². The number of piperidine rings is 1. The molecule has 142 valence electrons. The summed E-state index contributed by atoms with van der Waals surface area (Å²) in [5, 5.41) is 3.11. The van der Waals surface area contributed by atoms with Crippen LogP contribution in [0, 0.1) is 0 Å². The smallest absolute Gasteiger partial charge is 0.255 e. The van der Waals surface area contributed by atoms with Crippen molar-refractivity contribution in [3.8, 4) is 0 Å². The van der Waals surface area contributed by atoms with Crippen LogP contribution in [0.2, 0.25) is 5.02 Å². The predicted molar refractivity (Wildman–Crippen MR) is 108 cm³/mol. The minimum atomic E-state index is -0.666. The van der Waals surface area contributed by atoms with Crippen molar-refractivity contribution in [3.05, 3.63) is 64.7 Å². The molecule has 27 heavy (non-hydrogen) atoms. The van der Waals surface area contributed by atoms with E-state index in [-0.39, 0.29) is 11.8 Å². The Morgan fingerprint density at radius 2 is 1.78 bits per heavy atom. The molecule has 3 rings (SSSR count).